The van der Waals surface area contributed by atoms with Gasteiger partial charge in [-0.25, -0.2) is 9.97 Å². The van der Waals surface area contributed by atoms with Gasteiger partial charge in [-0.2, -0.15) is 4.68 Å². The number of anilines is 2. The normalized spacial score (nSPS) is 9.21. The van der Waals surface area contributed by atoms with Crippen LogP contribution in [0.25, 0.3) is 16.0 Å². The third-order valence-electron chi connectivity index (χ3n) is 4.75. The number of hydrogen-bond acceptors (Lipinski definition) is 13. The van der Waals surface area contributed by atoms with E-state index >= 15 is 0 Å². The van der Waals surface area contributed by atoms with Gasteiger partial charge in [-0.15, -0.1) is 41.2 Å². The molecule has 22 heteroatoms. The van der Waals surface area contributed by atoms with Gasteiger partial charge in [-0.05, 0) is 43.7 Å². The zero-order valence-electron chi connectivity index (χ0n) is 24.5. The molecule has 12 nitrogen and oxygen atoms in total. The quantitative estimate of drug-likeness (QED) is 0.0755. The van der Waals surface area contributed by atoms with E-state index in [1.165, 1.54) is 46.2 Å². The van der Waals surface area contributed by atoms with E-state index in [0.717, 1.165) is 13.4 Å². The molecule has 0 aliphatic rings. The molecule has 252 valence electrons. The Kier molecular flexibility index (Phi) is 24.5. The second-order valence-corrected chi connectivity index (χ2v) is 13.3. The minimum Gasteiger partial charge on any atom is -0.382 e. The number of para-hydroxylation sites is 2. The van der Waals surface area contributed by atoms with E-state index in [9.17, 15) is 9.59 Å². The van der Waals surface area contributed by atoms with Crippen LogP contribution in [0.4, 0.5) is 11.5 Å². The number of halogens is 5. The summed E-state index contributed by atoms with van der Waals surface area (Å²) in [5.41, 5.74) is 6.41. The number of aromatic nitrogens is 5. The number of thioether (sulfide) groups is 2. The predicted octanol–water partition coefficient (Wildman–Crippen LogP) is 4.30. The number of carbonyl (C=O) groups is 1. The summed E-state index contributed by atoms with van der Waals surface area (Å²) >= 11 is 29.5. The molecular formula is C26H25Cl5N8NaO4S4+. The van der Waals surface area contributed by atoms with Crippen LogP contribution in [0.15, 0.2) is 49.9 Å². The van der Waals surface area contributed by atoms with Crippen molar-refractivity contribution in [3.05, 3.63) is 81.8 Å². The molecule has 0 bridgehead atoms. The third kappa shape index (κ3) is 13.1. The number of thiazole rings is 2. The Morgan fingerprint density at radius 1 is 1.02 bits per heavy atom. The first kappa shape index (κ1) is 48.3. The number of rotatable bonds is 5. The van der Waals surface area contributed by atoms with Crippen LogP contribution in [0.5, 0.6) is 0 Å². The standard InChI is InChI=1S/C11H6Cl2N4OS2.C11H9Cl2N3OS2.C3H4.CH4.ClH.HNO2.Na/c1-19-11-14-9-8(20-11)10(18)17(16-15-9)7-5(12)3-2-4-6(7)13;1-18-11-16-9(14)8(19-11)10(17)15-7-5(12)3-2-4-6(7)13;1-3-2;;;2-1-3;/h2-4H,1H3;2-4H,14H2,1H3,(H,15,17);1H,2H3;1H4;1H;1H;/q;;;;;;+1. The fourth-order valence-electron chi connectivity index (χ4n) is 3.00. The van der Waals surface area contributed by atoms with E-state index in [0.29, 0.717) is 46.7 Å². The summed E-state index contributed by atoms with van der Waals surface area (Å²) in [6.07, 6.45) is 8.35. The molecule has 0 spiro atoms. The zero-order chi connectivity index (χ0) is 33.7. The molecule has 0 radical (unpaired) electrons. The van der Waals surface area contributed by atoms with Gasteiger partial charge in [0.25, 0.3) is 11.5 Å². The summed E-state index contributed by atoms with van der Waals surface area (Å²) in [4.78, 5) is 41.3. The van der Waals surface area contributed by atoms with Crippen LogP contribution in [-0.2, 0) is 0 Å². The van der Waals surface area contributed by atoms with Gasteiger partial charge in [0.05, 0.1) is 25.8 Å². The Morgan fingerprint density at radius 3 is 1.94 bits per heavy atom. The molecule has 5 aromatic rings. The Hall–Kier alpha value is -1.85. The number of fused-ring (bicyclic) bond motifs is 1. The van der Waals surface area contributed by atoms with E-state index in [1.807, 2.05) is 12.5 Å². The van der Waals surface area contributed by atoms with E-state index in [4.69, 9.17) is 62.3 Å². The van der Waals surface area contributed by atoms with Crippen LogP contribution in [0.1, 0.15) is 24.0 Å². The first-order valence-corrected chi connectivity index (χ1v) is 17.2. The van der Waals surface area contributed by atoms with Gasteiger partial charge in [0.1, 0.15) is 21.1 Å². The van der Waals surface area contributed by atoms with Crippen molar-refractivity contribution >= 4 is 133 Å². The number of nitrogen functional groups attached to an aromatic ring is 1. The number of nitrogens with one attached hydrogen (secondary N) is 2. The molecule has 0 saturated heterocycles. The molecule has 5 rings (SSSR count). The summed E-state index contributed by atoms with van der Waals surface area (Å²) in [6.45, 7) is 1.65. The maximum absolute atomic E-state index is 12.5. The molecule has 48 heavy (non-hydrogen) atoms. The molecule has 1 amide bonds. The molecule has 0 aliphatic carbocycles. The largest absolute Gasteiger partial charge is 1.00 e. The van der Waals surface area contributed by atoms with Crippen LogP contribution < -0.4 is 51.5 Å². The number of nitrogens with two attached hydrogens (primary N) is 1. The van der Waals surface area contributed by atoms with Crippen LogP contribution >= 0.6 is 105 Å². The summed E-state index contributed by atoms with van der Waals surface area (Å²) in [5.74, 6) is 2.08. The summed E-state index contributed by atoms with van der Waals surface area (Å²) < 4.78 is 3.03. The molecule has 0 aliphatic heterocycles. The maximum Gasteiger partial charge on any atom is 1.00 e. The molecule has 4 N–H and O–H groups in total. The number of benzene rings is 2. The minimum atomic E-state index is -0.370. The van der Waals surface area contributed by atoms with Gasteiger partial charge in [0.15, 0.2) is 8.68 Å². The van der Waals surface area contributed by atoms with Crippen LogP contribution in [0.3, 0.4) is 0 Å². The molecule has 0 saturated carbocycles. The molecule has 3 aromatic heterocycles. The van der Waals surface area contributed by atoms with E-state index in [2.05, 4.69) is 37.9 Å². The summed E-state index contributed by atoms with van der Waals surface area (Å²) in [6, 6.07) is 9.97. The molecular weight excluding hydrogens is 817 g/mol. The average Bonchev–Trinajstić information content (AvgIpc) is 3.61. The van der Waals surface area contributed by atoms with Gasteiger partial charge >= 0.3 is 29.6 Å². The first-order valence-electron chi connectivity index (χ1n) is 11.6. The monoisotopic (exact) mass is 839 g/mol. The SMILES string of the molecule is C.C#CC.CSc1nc(N)c(C(=O)Nc2c(Cl)cccc2Cl)s1.CSc1nc2nnn(-c3c(Cl)cccc3Cl)c(=O)c2s1.Cl.O=[NH+][O-].[Na+]. The summed E-state index contributed by atoms with van der Waals surface area (Å²) in [7, 11) is 0. The fourth-order valence-corrected chi connectivity index (χ4v) is 6.85. The molecule has 0 unspecified atom stereocenters. The van der Waals surface area contributed by atoms with E-state index in [-0.39, 0.29) is 72.0 Å². The van der Waals surface area contributed by atoms with E-state index in [1.54, 1.807) is 43.3 Å². The second kappa shape index (κ2) is 24.3. The van der Waals surface area contributed by atoms with Crippen molar-refractivity contribution in [3.63, 3.8) is 0 Å². The summed E-state index contributed by atoms with van der Waals surface area (Å²) in [5, 5.41) is 20.3. The van der Waals surface area contributed by atoms with Crippen LogP contribution in [-0.4, -0.2) is 43.4 Å². The Balaban J connectivity index is 0. The Morgan fingerprint density at radius 2 is 1.48 bits per heavy atom. The van der Waals surface area contributed by atoms with Crippen molar-refractivity contribution < 1.29 is 39.7 Å². The van der Waals surface area contributed by atoms with Gasteiger partial charge in [0.2, 0.25) is 5.65 Å². The van der Waals surface area contributed by atoms with Crippen molar-refractivity contribution in [2.75, 3.05) is 23.6 Å². The molecule has 0 atom stereocenters. The van der Waals surface area contributed by atoms with Crippen molar-refractivity contribution in [2.24, 2.45) is 0 Å². The Bertz CT molecular complexity index is 1870. The Labute approximate surface area is 340 Å². The number of amides is 1. The van der Waals surface area contributed by atoms with Gasteiger partial charge in [-0.1, -0.05) is 106 Å². The number of nitrogens with zero attached hydrogens (tertiary/aromatic N) is 5. The van der Waals surface area contributed by atoms with E-state index < -0.39 is 0 Å². The zero-order valence-corrected chi connectivity index (χ0v) is 33.6. The second-order valence-electron chi connectivity index (χ2n) is 7.53. The topological polar surface area (TPSA) is 183 Å². The fraction of sp³-hybridized carbons (Fsp3) is 0.154. The third-order valence-corrected chi connectivity index (χ3v) is 10.1. The van der Waals surface area contributed by atoms with Crippen molar-refractivity contribution in [1.29, 1.82) is 0 Å². The average molecular weight is 842 g/mol. The van der Waals surface area contributed by atoms with Gasteiger partial charge in [-0.3, -0.25) is 19.7 Å². The number of terminal acetylenes is 1. The maximum atomic E-state index is 12.5. The van der Waals surface area contributed by atoms with Crippen molar-refractivity contribution in [3.8, 4) is 18.0 Å². The van der Waals surface area contributed by atoms with Gasteiger partial charge in [0, 0.05) is 5.34 Å². The number of carbonyl (C=O) groups excluding carboxylic acids is 1. The van der Waals surface area contributed by atoms with Gasteiger partial charge < -0.3 is 11.1 Å². The van der Waals surface area contributed by atoms with Crippen molar-refractivity contribution in [1.82, 2.24) is 25.0 Å². The van der Waals surface area contributed by atoms with Crippen molar-refractivity contribution in [2.45, 2.75) is 23.0 Å². The molecule has 3 heterocycles. The molecule has 2 aromatic carbocycles. The smallest absolute Gasteiger partial charge is 0.382 e. The minimum absolute atomic E-state index is 0. The predicted molar refractivity (Wildman–Crippen MR) is 202 cm³/mol. The first-order chi connectivity index (χ1) is 21.5. The number of hydrogen-bond donors (Lipinski definition) is 3. The van der Waals surface area contributed by atoms with Crippen LogP contribution in [0, 0.1) is 22.5 Å². The van der Waals surface area contributed by atoms with Crippen LogP contribution in [0.2, 0.25) is 20.1 Å². The molecule has 0 fully saturated rings.